The maximum atomic E-state index is 13.3. The van der Waals surface area contributed by atoms with E-state index in [0.29, 0.717) is 12.0 Å². The Bertz CT molecular complexity index is 1090. The van der Waals surface area contributed by atoms with E-state index in [-0.39, 0.29) is 16.5 Å². The Kier molecular flexibility index (Phi) is 7.84. The Morgan fingerprint density at radius 3 is 2.27 bits per heavy atom. The van der Waals surface area contributed by atoms with Crippen LogP contribution in [-0.2, 0) is 25.2 Å². The van der Waals surface area contributed by atoms with E-state index in [1.54, 1.807) is 0 Å². The first-order valence-corrected chi connectivity index (χ1v) is 11.0. The Labute approximate surface area is 193 Å². The second-order valence-corrected chi connectivity index (χ2v) is 9.84. The van der Waals surface area contributed by atoms with Crippen LogP contribution in [0.4, 0.5) is 13.2 Å². The zero-order valence-corrected chi connectivity index (χ0v) is 20.4. The van der Waals surface area contributed by atoms with E-state index >= 15 is 0 Å². The lowest BCUT2D eigenvalue weighted by molar-refractivity contribution is -0.137. The Hall–Kier alpha value is -2.61. The highest BCUT2D eigenvalue weighted by Gasteiger charge is 2.31. The van der Waals surface area contributed by atoms with Crippen molar-refractivity contribution < 1.29 is 23.1 Å². The van der Waals surface area contributed by atoms with Crippen molar-refractivity contribution in [2.45, 2.75) is 78.1 Å². The third kappa shape index (κ3) is 6.93. The fraction of sp³-hybridized carbons (Fsp3) is 0.520. The normalized spacial score (nSPS) is 13.8. The highest BCUT2D eigenvalue weighted by molar-refractivity contribution is 5.98. The fourth-order valence-corrected chi connectivity index (χ4v) is 3.46. The van der Waals surface area contributed by atoms with Gasteiger partial charge in [0, 0.05) is 36.3 Å². The second kappa shape index (κ2) is 9.71. The fourth-order valence-electron chi connectivity index (χ4n) is 3.46. The number of benzene rings is 1. The number of hydrogen-bond acceptors (Lipinski definition) is 2. The number of rotatable bonds is 6. The molecular weight excluding hydrogens is 431 g/mol. The molecule has 5 nitrogen and oxygen atoms in total. The maximum Gasteiger partial charge on any atom is 0.416 e. The third-order valence-corrected chi connectivity index (χ3v) is 5.23. The van der Waals surface area contributed by atoms with Crippen LogP contribution in [0, 0.1) is 0 Å². The van der Waals surface area contributed by atoms with E-state index in [2.05, 4.69) is 11.9 Å². The minimum Gasteiger partial charge on any atom is -0.386 e. The van der Waals surface area contributed by atoms with Crippen LogP contribution in [-0.4, -0.2) is 26.0 Å². The molecule has 0 radical (unpaired) electrons. The minimum atomic E-state index is -4.60. The van der Waals surface area contributed by atoms with Crippen molar-refractivity contribution in [2.24, 2.45) is 12.0 Å². The first-order valence-electron chi connectivity index (χ1n) is 11.0. The number of halogens is 3. The molecule has 0 unspecified atom stereocenters. The topological polar surface area (TPSA) is 59.5 Å². The van der Waals surface area contributed by atoms with Crippen LogP contribution in [0.2, 0.25) is 0 Å². The number of amides is 1. The van der Waals surface area contributed by atoms with Crippen molar-refractivity contribution in [3.05, 3.63) is 58.2 Å². The van der Waals surface area contributed by atoms with Gasteiger partial charge in [0.25, 0.3) is 5.91 Å². The van der Waals surface area contributed by atoms with Crippen LogP contribution >= 0.6 is 0 Å². The van der Waals surface area contributed by atoms with E-state index in [1.807, 2.05) is 43.2 Å². The zero-order valence-electron chi connectivity index (χ0n) is 20.4. The van der Waals surface area contributed by atoms with Gasteiger partial charge in [-0.3, -0.25) is 14.2 Å². The Morgan fingerprint density at radius 2 is 1.76 bits per heavy atom. The van der Waals surface area contributed by atoms with Crippen LogP contribution in [0.5, 0.6) is 0 Å². The predicted molar refractivity (Wildman–Crippen MR) is 124 cm³/mol. The van der Waals surface area contributed by atoms with Crippen LogP contribution in [0.15, 0.2) is 35.3 Å². The van der Waals surface area contributed by atoms with Crippen molar-refractivity contribution in [3.63, 3.8) is 0 Å². The molecule has 1 aromatic carbocycles. The van der Waals surface area contributed by atoms with Gasteiger partial charge in [-0.25, -0.2) is 0 Å². The van der Waals surface area contributed by atoms with Crippen molar-refractivity contribution >= 4 is 12.0 Å². The number of carbonyl (C=O) groups is 1. The lowest BCUT2D eigenvalue weighted by Crippen LogP contribution is -2.25. The quantitative estimate of drug-likeness (QED) is 0.615. The van der Waals surface area contributed by atoms with Gasteiger partial charge in [-0.2, -0.15) is 18.2 Å². The summed E-state index contributed by atoms with van der Waals surface area (Å²) in [4.78, 5) is 17.4. The molecule has 0 atom stereocenters. The molecule has 1 aromatic heterocycles. The van der Waals surface area contributed by atoms with E-state index in [9.17, 15) is 23.1 Å². The van der Waals surface area contributed by atoms with Gasteiger partial charge in [-0.05, 0) is 38.0 Å². The average molecular weight is 466 g/mol. The largest absolute Gasteiger partial charge is 0.416 e. The summed E-state index contributed by atoms with van der Waals surface area (Å²) in [7, 11) is 1.89. The molecule has 33 heavy (non-hydrogen) atoms. The van der Waals surface area contributed by atoms with Gasteiger partial charge in [-0.15, -0.1) is 0 Å². The standard InChI is InChI=1S/C25H34F3N3O2/c1-8-9-14-31-21(16-20(30(31)7)23(2,3)4)29-22(32)19-15-18(25(26,27)28)11-10-17(19)12-13-24(5,6)33/h10-13,15-16,33H,8-9,14H2,1-7H3/b13-12+,29-21?. The number of hydrogen-bond donors (Lipinski definition) is 1. The lowest BCUT2D eigenvalue weighted by atomic mass is 9.92. The Balaban J connectivity index is 2.70. The number of aromatic nitrogens is 2. The summed E-state index contributed by atoms with van der Waals surface area (Å²) in [5.41, 5.74) is -0.893. The number of unbranched alkanes of at least 4 members (excludes halogenated alkanes) is 1. The molecule has 1 N–H and O–H groups in total. The molecule has 182 valence electrons. The number of aliphatic hydroxyl groups is 1. The van der Waals surface area contributed by atoms with Gasteiger partial charge in [-0.1, -0.05) is 52.3 Å². The van der Waals surface area contributed by atoms with Gasteiger partial charge in [0.05, 0.1) is 11.2 Å². The molecule has 1 amide bonds. The van der Waals surface area contributed by atoms with Gasteiger partial charge in [0.1, 0.15) is 0 Å². The summed E-state index contributed by atoms with van der Waals surface area (Å²) in [6, 6.07) is 4.78. The first-order chi connectivity index (χ1) is 15.0. The van der Waals surface area contributed by atoms with Crippen LogP contribution in [0.25, 0.3) is 6.08 Å². The van der Waals surface area contributed by atoms with E-state index in [4.69, 9.17) is 0 Å². The molecule has 0 aliphatic carbocycles. The summed E-state index contributed by atoms with van der Waals surface area (Å²) >= 11 is 0. The minimum absolute atomic E-state index is 0.173. The highest BCUT2D eigenvalue weighted by Crippen LogP contribution is 2.31. The SMILES string of the molecule is CCCCn1c(=NC(=O)c2cc(C(F)(F)F)ccc2/C=C/C(C)(C)O)cc(C(C)(C)C)n1C. The summed E-state index contributed by atoms with van der Waals surface area (Å²) < 4.78 is 43.9. The van der Waals surface area contributed by atoms with Crippen molar-refractivity contribution in [1.29, 1.82) is 0 Å². The van der Waals surface area contributed by atoms with Crippen molar-refractivity contribution in [3.8, 4) is 0 Å². The third-order valence-electron chi connectivity index (χ3n) is 5.23. The Morgan fingerprint density at radius 1 is 1.12 bits per heavy atom. The average Bonchev–Trinajstić information content (AvgIpc) is 2.98. The van der Waals surface area contributed by atoms with E-state index < -0.39 is 23.2 Å². The van der Waals surface area contributed by atoms with Gasteiger partial charge in [0.15, 0.2) is 5.49 Å². The van der Waals surface area contributed by atoms with Crippen LogP contribution < -0.4 is 5.49 Å². The van der Waals surface area contributed by atoms with Gasteiger partial charge >= 0.3 is 6.18 Å². The van der Waals surface area contributed by atoms with E-state index in [1.165, 1.54) is 32.1 Å². The molecular formula is C25H34F3N3O2. The second-order valence-electron chi connectivity index (χ2n) is 9.84. The molecule has 2 rings (SSSR count). The molecule has 0 aliphatic rings. The zero-order chi connectivity index (χ0) is 25.2. The van der Waals surface area contributed by atoms with Crippen molar-refractivity contribution in [2.75, 3.05) is 0 Å². The van der Waals surface area contributed by atoms with Crippen LogP contribution in [0.3, 0.4) is 0 Å². The number of carbonyl (C=O) groups excluding carboxylic acids is 1. The highest BCUT2D eigenvalue weighted by atomic mass is 19.4. The van der Waals surface area contributed by atoms with Crippen LogP contribution in [0.1, 0.15) is 81.6 Å². The monoisotopic (exact) mass is 465 g/mol. The molecule has 0 spiro atoms. The summed E-state index contributed by atoms with van der Waals surface area (Å²) in [6.45, 7) is 11.9. The number of alkyl halides is 3. The molecule has 0 fully saturated rings. The molecule has 0 saturated heterocycles. The van der Waals surface area contributed by atoms with Gasteiger partial charge in [0.2, 0.25) is 0 Å². The molecule has 8 heteroatoms. The predicted octanol–water partition coefficient (Wildman–Crippen LogP) is 5.47. The lowest BCUT2D eigenvalue weighted by Gasteiger charge is -2.20. The molecule has 0 saturated carbocycles. The first kappa shape index (κ1) is 26.6. The summed E-state index contributed by atoms with van der Waals surface area (Å²) in [5.74, 6) is -0.771. The summed E-state index contributed by atoms with van der Waals surface area (Å²) in [6.07, 6.45) is 0.0796. The van der Waals surface area contributed by atoms with Crippen molar-refractivity contribution in [1.82, 2.24) is 9.36 Å². The number of nitrogens with zero attached hydrogens (tertiary/aromatic N) is 3. The van der Waals surface area contributed by atoms with E-state index in [0.717, 1.165) is 30.7 Å². The molecule has 0 aliphatic heterocycles. The molecule has 2 aromatic rings. The smallest absolute Gasteiger partial charge is 0.386 e. The maximum absolute atomic E-state index is 13.3. The molecule has 0 bridgehead atoms. The van der Waals surface area contributed by atoms with Gasteiger partial charge < -0.3 is 5.11 Å². The molecule has 1 heterocycles. The summed E-state index contributed by atoms with van der Waals surface area (Å²) in [5, 5.41) is 9.97.